The van der Waals surface area contributed by atoms with E-state index in [0.29, 0.717) is 6.04 Å². The first-order valence-corrected chi connectivity index (χ1v) is 5.22. The van der Waals surface area contributed by atoms with Crippen LogP contribution in [0.25, 0.3) is 0 Å². The molecule has 78 valence electrons. The molecule has 0 bridgehead atoms. The number of rotatable bonds is 2. The van der Waals surface area contributed by atoms with Crippen LogP contribution in [0.5, 0.6) is 0 Å². The fourth-order valence-electron chi connectivity index (χ4n) is 1.87. The molecule has 1 aromatic rings. The molecular weight excluding hydrogens is 176 g/mol. The van der Waals surface area contributed by atoms with Gasteiger partial charge in [0, 0.05) is 31.4 Å². The van der Waals surface area contributed by atoms with Crippen molar-refractivity contribution in [3.05, 3.63) is 17.7 Å². The minimum Gasteiger partial charge on any atom is -0.348 e. The van der Waals surface area contributed by atoms with Crippen molar-refractivity contribution in [2.75, 3.05) is 13.1 Å². The normalized spacial score (nSPS) is 20.1. The first-order chi connectivity index (χ1) is 6.75. The summed E-state index contributed by atoms with van der Waals surface area (Å²) in [5, 5.41) is 0. The molecule has 2 heterocycles. The number of aromatic amines is 1. The van der Waals surface area contributed by atoms with E-state index in [4.69, 9.17) is 5.73 Å². The minimum absolute atomic E-state index is 0.409. The third-order valence-electron chi connectivity index (χ3n) is 2.94. The summed E-state index contributed by atoms with van der Waals surface area (Å²) in [6.45, 7) is 5.24. The molecule has 4 heteroatoms. The summed E-state index contributed by atoms with van der Waals surface area (Å²) in [4.78, 5) is 9.83. The molecule has 0 atom stereocenters. The lowest BCUT2D eigenvalue weighted by Gasteiger charge is -2.29. The van der Waals surface area contributed by atoms with Gasteiger partial charge >= 0.3 is 0 Å². The molecule has 0 saturated carbocycles. The van der Waals surface area contributed by atoms with Crippen LogP contribution < -0.4 is 5.73 Å². The van der Waals surface area contributed by atoms with Crippen LogP contribution >= 0.6 is 0 Å². The summed E-state index contributed by atoms with van der Waals surface area (Å²) in [6.07, 6.45) is 3.99. The van der Waals surface area contributed by atoms with E-state index < -0.39 is 0 Å². The zero-order chi connectivity index (χ0) is 9.97. The average Bonchev–Trinajstić information content (AvgIpc) is 2.56. The van der Waals surface area contributed by atoms with Gasteiger partial charge in [0.05, 0.1) is 12.0 Å². The van der Waals surface area contributed by atoms with Gasteiger partial charge in [0.2, 0.25) is 0 Å². The van der Waals surface area contributed by atoms with Gasteiger partial charge in [-0.05, 0) is 19.8 Å². The second kappa shape index (κ2) is 4.11. The van der Waals surface area contributed by atoms with Crippen molar-refractivity contribution in [2.45, 2.75) is 32.4 Å². The first-order valence-electron chi connectivity index (χ1n) is 5.22. The maximum atomic E-state index is 5.85. The molecule has 0 spiro atoms. The molecule has 3 N–H and O–H groups in total. The largest absolute Gasteiger partial charge is 0.348 e. The number of H-pyrrole nitrogens is 1. The Morgan fingerprint density at radius 2 is 2.29 bits per heavy atom. The number of nitrogens with zero attached hydrogens (tertiary/aromatic N) is 2. The van der Waals surface area contributed by atoms with Gasteiger partial charge in [-0.3, -0.25) is 4.90 Å². The highest BCUT2D eigenvalue weighted by atomic mass is 15.1. The minimum atomic E-state index is 0.409. The summed E-state index contributed by atoms with van der Waals surface area (Å²) < 4.78 is 0. The molecule has 4 nitrogen and oxygen atoms in total. The van der Waals surface area contributed by atoms with Crippen LogP contribution in [0, 0.1) is 6.92 Å². The molecule has 0 amide bonds. The molecule has 0 aliphatic carbocycles. The van der Waals surface area contributed by atoms with Crippen molar-refractivity contribution in [1.82, 2.24) is 14.9 Å². The van der Waals surface area contributed by atoms with Crippen molar-refractivity contribution in [1.29, 1.82) is 0 Å². The quantitative estimate of drug-likeness (QED) is 0.726. The van der Waals surface area contributed by atoms with Crippen molar-refractivity contribution >= 4 is 0 Å². The SMILES string of the molecule is Cc1[nH]cnc1CN1CCC(N)CC1. The summed E-state index contributed by atoms with van der Waals surface area (Å²) in [5.74, 6) is 0. The van der Waals surface area contributed by atoms with Gasteiger partial charge in [-0.1, -0.05) is 0 Å². The number of nitrogens with two attached hydrogens (primary N) is 1. The fourth-order valence-corrected chi connectivity index (χ4v) is 1.87. The fraction of sp³-hybridized carbons (Fsp3) is 0.700. The number of hydrogen-bond acceptors (Lipinski definition) is 3. The molecule has 0 radical (unpaired) electrons. The molecular formula is C10H18N4. The zero-order valence-corrected chi connectivity index (χ0v) is 8.66. The van der Waals surface area contributed by atoms with E-state index in [2.05, 4.69) is 21.8 Å². The Kier molecular flexibility index (Phi) is 2.84. The molecule has 2 rings (SSSR count). The molecule has 14 heavy (non-hydrogen) atoms. The summed E-state index contributed by atoms with van der Waals surface area (Å²) in [6, 6.07) is 0.409. The second-order valence-electron chi connectivity index (χ2n) is 4.09. The van der Waals surface area contributed by atoms with Crippen LogP contribution in [0.2, 0.25) is 0 Å². The highest BCUT2D eigenvalue weighted by Crippen LogP contribution is 2.12. The second-order valence-corrected chi connectivity index (χ2v) is 4.09. The molecule has 1 fully saturated rings. The Balaban J connectivity index is 1.89. The lowest BCUT2D eigenvalue weighted by molar-refractivity contribution is 0.203. The average molecular weight is 194 g/mol. The third-order valence-corrected chi connectivity index (χ3v) is 2.94. The number of aromatic nitrogens is 2. The topological polar surface area (TPSA) is 57.9 Å². The molecule has 1 saturated heterocycles. The Bertz CT molecular complexity index is 286. The third kappa shape index (κ3) is 2.13. The van der Waals surface area contributed by atoms with Crippen LogP contribution in [-0.4, -0.2) is 34.0 Å². The van der Waals surface area contributed by atoms with Crippen LogP contribution in [0.4, 0.5) is 0 Å². The van der Waals surface area contributed by atoms with E-state index in [-0.39, 0.29) is 0 Å². The van der Waals surface area contributed by atoms with Gasteiger partial charge in [0.1, 0.15) is 0 Å². The lowest BCUT2D eigenvalue weighted by Crippen LogP contribution is -2.39. The standard InChI is InChI=1S/C10H18N4/c1-8-10(13-7-12-8)6-14-4-2-9(11)3-5-14/h7,9H,2-6,11H2,1H3,(H,12,13). The number of aryl methyl sites for hydroxylation is 1. The maximum Gasteiger partial charge on any atom is 0.0925 e. The molecule has 1 aromatic heterocycles. The maximum absolute atomic E-state index is 5.85. The zero-order valence-electron chi connectivity index (χ0n) is 8.66. The summed E-state index contributed by atoms with van der Waals surface area (Å²) >= 11 is 0. The highest BCUT2D eigenvalue weighted by Gasteiger charge is 2.17. The Hall–Kier alpha value is -0.870. The van der Waals surface area contributed by atoms with E-state index in [1.54, 1.807) is 6.33 Å². The monoisotopic (exact) mass is 194 g/mol. The predicted octanol–water partition coefficient (Wildman–Crippen LogP) is 0.641. The van der Waals surface area contributed by atoms with Crippen molar-refractivity contribution < 1.29 is 0 Å². The van der Waals surface area contributed by atoms with Gasteiger partial charge in [-0.15, -0.1) is 0 Å². The smallest absolute Gasteiger partial charge is 0.0925 e. The highest BCUT2D eigenvalue weighted by molar-refractivity contribution is 5.08. The summed E-state index contributed by atoms with van der Waals surface area (Å²) in [5.41, 5.74) is 8.20. The van der Waals surface area contributed by atoms with Crippen molar-refractivity contribution in [2.24, 2.45) is 5.73 Å². The van der Waals surface area contributed by atoms with E-state index >= 15 is 0 Å². The molecule has 0 aromatic carbocycles. The number of imidazole rings is 1. The number of likely N-dealkylation sites (tertiary alicyclic amines) is 1. The van der Waals surface area contributed by atoms with Gasteiger partial charge in [0.15, 0.2) is 0 Å². The molecule has 1 aliphatic heterocycles. The molecule has 1 aliphatic rings. The van der Waals surface area contributed by atoms with Crippen LogP contribution in [0.1, 0.15) is 24.2 Å². The van der Waals surface area contributed by atoms with E-state index in [0.717, 1.165) is 32.5 Å². The van der Waals surface area contributed by atoms with Gasteiger partial charge in [-0.2, -0.15) is 0 Å². The Labute approximate surface area is 84.5 Å². The number of piperidine rings is 1. The molecule has 0 unspecified atom stereocenters. The van der Waals surface area contributed by atoms with Crippen LogP contribution in [-0.2, 0) is 6.54 Å². The van der Waals surface area contributed by atoms with Gasteiger partial charge in [-0.25, -0.2) is 4.98 Å². The number of hydrogen-bond donors (Lipinski definition) is 2. The first kappa shape index (κ1) is 9.68. The predicted molar refractivity (Wildman–Crippen MR) is 55.8 cm³/mol. The van der Waals surface area contributed by atoms with E-state index in [1.165, 1.54) is 11.4 Å². The van der Waals surface area contributed by atoms with Gasteiger partial charge < -0.3 is 10.7 Å². The van der Waals surface area contributed by atoms with Crippen molar-refractivity contribution in [3.63, 3.8) is 0 Å². The lowest BCUT2D eigenvalue weighted by atomic mass is 10.1. The van der Waals surface area contributed by atoms with Gasteiger partial charge in [0.25, 0.3) is 0 Å². The van der Waals surface area contributed by atoms with Crippen LogP contribution in [0.15, 0.2) is 6.33 Å². The van der Waals surface area contributed by atoms with E-state index in [1.807, 2.05) is 0 Å². The Morgan fingerprint density at radius 1 is 1.57 bits per heavy atom. The summed E-state index contributed by atoms with van der Waals surface area (Å²) in [7, 11) is 0. The Morgan fingerprint density at radius 3 is 2.86 bits per heavy atom. The van der Waals surface area contributed by atoms with E-state index in [9.17, 15) is 0 Å². The number of nitrogens with one attached hydrogen (secondary N) is 1. The van der Waals surface area contributed by atoms with Crippen molar-refractivity contribution in [3.8, 4) is 0 Å². The van der Waals surface area contributed by atoms with Crippen LogP contribution in [0.3, 0.4) is 0 Å².